The van der Waals surface area contributed by atoms with Crippen LogP contribution in [0, 0.1) is 0 Å². The van der Waals surface area contributed by atoms with Gasteiger partial charge in [0.05, 0.1) is 57.4 Å². The van der Waals surface area contributed by atoms with Gasteiger partial charge in [-0.15, -0.1) is 0 Å². The summed E-state index contributed by atoms with van der Waals surface area (Å²) in [5, 5.41) is 5.40. The van der Waals surface area contributed by atoms with Crippen molar-refractivity contribution in [3.05, 3.63) is 70.3 Å². The fraction of sp³-hybridized carbons (Fsp3) is 0.346. The Morgan fingerprint density at radius 2 is 2.00 bits per heavy atom. The lowest BCUT2D eigenvalue weighted by atomic mass is 9.93. The molecule has 0 radical (unpaired) electrons. The van der Waals surface area contributed by atoms with Crippen molar-refractivity contribution < 1.29 is 33.0 Å². The lowest BCUT2D eigenvalue weighted by molar-refractivity contribution is -0.141. The summed E-state index contributed by atoms with van der Waals surface area (Å²) in [6, 6.07) is 8.33. The first-order valence-corrected chi connectivity index (χ1v) is 12.5. The smallest absolute Gasteiger partial charge is 0.338 e. The third-order valence-electron chi connectivity index (χ3n) is 5.86. The van der Waals surface area contributed by atoms with Crippen LogP contribution < -0.4 is 14.8 Å². The van der Waals surface area contributed by atoms with Gasteiger partial charge in [0.15, 0.2) is 5.17 Å². The number of carbonyl (C=O) groups excluding carboxylic acids is 2. The number of hydrogen-bond donors (Lipinski definition) is 1. The summed E-state index contributed by atoms with van der Waals surface area (Å²) in [7, 11) is 4.67. The van der Waals surface area contributed by atoms with Gasteiger partial charge < -0.3 is 33.6 Å². The van der Waals surface area contributed by atoms with Crippen molar-refractivity contribution in [1.29, 1.82) is 0 Å². The minimum atomic E-state index is -0.637. The summed E-state index contributed by atoms with van der Waals surface area (Å²) in [6.45, 7) is 2.42. The molecule has 10 nitrogen and oxygen atoms in total. The first-order valence-electron chi connectivity index (χ1n) is 11.6. The molecule has 0 bridgehead atoms. The summed E-state index contributed by atoms with van der Waals surface area (Å²) < 4.78 is 26.9. The van der Waals surface area contributed by atoms with Crippen LogP contribution in [0.1, 0.15) is 30.7 Å². The predicted octanol–water partition coefficient (Wildman–Crippen LogP) is 3.77. The van der Waals surface area contributed by atoms with E-state index in [1.807, 2.05) is 16.4 Å². The summed E-state index contributed by atoms with van der Waals surface area (Å²) in [5.74, 6) is 1.08. The van der Waals surface area contributed by atoms with Gasteiger partial charge >= 0.3 is 5.97 Å². The van der Waals surface area contributed by atoms with Crippen molar-refractivity contribution in [2.45, 2.75) is 25.9 Å². The molecule has 2 aliphatic rings. The fourth-order valence-corrected chi connectivity index (χ4v) is 5.05. The molecule has 0 unspecified atom stereocenters. The lowest BCUT2D eigenvalue weighted by Crippen LogP contribution is -2.38. The van der Waals surface area contributed by atoms with Gasteiger partial charge in [0, 0.05) is 24.4 Å². The van der Waals surface area contributed by atoms with Crippen LogP contribution in [0.25, 0.3) is 0 Å². The highest BCUT2D eigenvalue weighted by Gasteiger charge is 2.42. The molecule has 0 saturated heterocycles. The zero-order chi connectivity index (χ0) is 26.4. The summed E-state index contributed by atoms with van der Waals surface area (Å²) >= 11 is 1.39. The van der Waals surface area contributed by atoms with E-state index in [0.717, 1.165) is 0 Å². The van der Waals surface area contributed by atoms with Crippen molar-refractivity contribution in [3.63, 3.8) is 0 Å². The number of methoxy groups -OCH3 is 3. The van der Waals surface area contributed by atoms with Crippen LogP contribution in [0.5, 0.6) is 11.5 Å². The number of amides is 1. The monoisotopic (exact) mass is 527 g/mol. The Bertz CT molecular complexity index is 1240. The van der Waals surface area contributed by atoms with Gasteiger partial charge in [0.2, 0.25) is 5.91 Å². The van der Waals surface area contributed by atoms with Crippen molar-refractivity contribution in [2.24, 2.45) is 4.99 Å². The Morgan fingerprint density at radius 1 is 1.16 bits per heavy atom. The van der Waals surface area contributed by atoms with E-state index in [9.17, 15) is 9.59 Å². The fourth-order valence-electron chi connectivity index (χ4n) is 4.09. The number of fused-ring (bicyclic) bond motifs is 1. The highest BCUT2D eigenvalue weighted by Crippen LogP contribution is 2.47. The van der Waals surface area contributed by atoms with Crippen LogP contribution in [-0.4, -0.2) is 56.5 Å². The number of allylic oxidation sites excluding steroid dienone is 1. The van der Waals surface area contributed by atoms with E-state index < -0.39 is 12.0 Å². The predicted molar refractivity (Wildman–Crippen MR) is 138 cm³/mol. The Labute approximate surface area is 219 Å². The van der Waals surface area contributed by atoms with E-state index in [0.29, 0.717) is 45.0 Å². The van der Waals surface area contributed by atoms with E-state index >= 15 is 0 Å². The molecular formula is C26H29N3O7S. The molecule has 1 amide bonds. The zero-order valence-corrected chi connectivity index (χ0v) is 21.9. The second kappa shape index (κ2) is 12.0. The largest absolute Gasteiger partial charge is 0.497 e. The summed E-state index contributed by atoms with van der Waals surface area (Å²) in [4.78, 5) is 32.7. The van der Waals surface area contributed by atoms with E-state index in [1.165, 1.54) is 18.9 Å². The first-order chi connectivity index (χ1) is 18.0. The number of nitrogens with zero attached hydrogens (tertiary/aromatic N) is 2. The highest BCUT2D eigenvalue weighted by molar-refractivity contribution is 8.16. The second-order valence-electron chi connectivity index (χ2n) is 8.16. The van der Waals surface area contributed by atoms with Crippen LogP contribution in [0.4, 0.5) is 0 Å². The molecule has 1 aromatic heterocycles. The SMILES string of the molecule is COCCOC(=O)C1=C(C)N=C2SC=C(CC(=O)NCc3ccco3)N2[C@H]1c1ccc(OC)cc1OC. The molecule has 1 aromatic carbocycles. The van der Waals surface area contributed by atoms with Crippen molar-refractivity contribution >= 4 is 28.8 Å². The van der Waals surface area contributed by atoms with E-state index in [-0.39, 0.29) is 32.1 Å². The molecular weight excluding hydrogens is 498 g/mol. The Balaban J connectivity index is 1.68. The molecule has 37 heavy (non-hydrogen) atoms. The molecule has 196 valence electrons. The topological polar surface area (TPSA) is 112 Å². The molecule has 11 heteroatoms. The van der Waals surface area contributed by atoms with Gasteiger partial charge in [0.25, 0.3) is 0 Å². The Morgan fingerprint density at radius 3 is 2.70 bits per heavy atom. The van der Waals surface area contributed by atoms with Gasteiger partial charge in [-0.3, -0.25) is 4.79 Å². The Kier molecular flexibility index (Phi) is 8.57. The lowest BCUT2D eigenvalue weighted by Gasteiger charge is -2.36. The highest BCUT2D eigenvalue weighted by atomic mass is 32.2. The molecule has 3 heterocycles. The van der Waals surface area contributed by atoms with Gasteiger partial charge in [0.1, 0.15) is 23.9 Å². The third-order valence-corrected chi connectivity index (χ3v) is 6.75. The van der Waals surface area contributed by atoms with Crippen LogP contribution in [0.15, 0.2) is 68.4 Å². The second-order valence-corrected chi connectivity index (χ2v) is 9.00. The molecule has 0 spiro atoms. The number of thioether (sulfide) groups is 1. The van der Waals surface area contributed by atoms with Crippen molar-refractivity contribution in [2.75, 3.05) is 34.5 Å². The average molecular weight is 528 g/mol. The first kappa shape index (κ1) is 26.4. The molecule has 1 atom stereocenters. The number of ether oxygens (including phenoxy) is 4. The third kappa shape index (κ3) is 5.83. The van der Waals surface area contributed by atoms with E-state index in [1.54, 1.807) is 51.7 Å². The molecule has 2 aromatic rings. The van der Waals surface area contributed by atoms with Crippen LogP contribution in [0.2, 0.25) is 0 Å². The van der Waals surface area contributed by atoms with Gasteiger partial charge in [-0.2, -0.15) is 0 Å². The number of hydrogen-bond acceptors (Lipinski definition) is 10. The Hall–Kier alpha value is -3.70. The summed E-state index contributed by atoms with van der Waals surface area (Å²) in [5.41, 5.74) is 2.28. The molecule has 2 aliphatic heterocycles. The minimum absolute atomic E-state index is 0.0761. The number of benzene rings is 1. The van der Waals surface area contributed by atoms with Crippen LogP contribution in [-0.2, 0) is 25.6 Å². The maximum Gasteiger partial charge on any atom is 0.338 e. The molecule has 0 aliphatic carbocycles. The number of aliphatic imine (C=N–C) groups is 1. The number of esters is 1. The van der Waals surface area contributed by atoms with Crippen molar-refractivity contribution in [3.8, 4) is 11.5 Å². The van der Waals surface area contributed by atoms with Gasteiger partial charge in [-0.1, -0.05) is 11.8 Å². The normalized spacial score (nSPS) is 16.6. The van der Waals surface area contributed by atoms with E-state index in [4.69, 9.17) is 23.4 Å². The van der Waals surface area contributed by atoms with Crippen molar-refractivity contribution in [1.82, 2.24) is 10.2 Å². The maximum absolute atomic E-state index is 13.3. The number of amidine groups is 1. The standard InChI is InChI=1S/C26H29N3O7S/c1-16-23(25(31)36-11-10-32-2)24(20-8-7-18(33-3)13-21(20)34-4)29-17(15-37-26(29)28-16)12-22(30)27-14-19-6-5-9-35-19/h5-9,13,15,24H,10-12,14H2,1-4H3,(H,27,30)/t24-/m0/s1. The van der Waals surface area contributed by atoms with E-state index in [2.05, 4.69) is 10.3 Å². The minimum Gasteiger partial charge on any atom is -0.497 e. The van der Waals surface area contributed by atoms with Gasteiger partial charge in [-0.25, -0.2) is 9.79 Å². The maximum atomic E-state index is 13.3. The number of carbonyl (C=O) groups is 2. The van der Waals surface area contributed by atoms with Crippen LogP contribution in [0.3, 0.4) is 0 Å². The summed E-state index contributed by atoms with van der Waals surface area (Å²) in [6.07, 6.45) is 1.63. The molecule has 1 N–H and O–H groups in total. The van der Waals surface area contributed by atoms with Gasteiger partial charge in [-0.05, 0) is 36.6 Å². The number of nitrogens with one attached hydrogen (secondary N) is 1. The van der Waals surface area contributed by atoms with Crippen LogP contribution >= 0.6 is 11.8 Å². The number of furan rings is 1. The average Bonchev–Trinajstić information content (AvgIpc) is 3.56. The molecule has 0 saturated carbocycles. The zero-order valence-electron chi connectivity index (χ0n) is 21.1. The number of rotatable bonds is 11. The molecule has 4 rings (SSSR count). The molecule has 0 fully saturated rings. The quantitative estimate of drug-likeness (QED) is 0.345.